The van der Waals surface area contributed by atoms with Gasteiger partial charge < -0.3 is 15.5 Å². The molecule has 1 atom stereocenters. The first kappa shape index (κ1) is 8.39. The second kappa shape index (κ2) is 4.29. The molecular formula is C5H11NO3. The largest absolute Gasteiger partial charge is 0.479 e. The van der Waals surface area contributed by atoms with Crippen molar-refractivity contribution >= 4 is 5.97 Å². The van der Waals surface area contributed by atoms with Crippen molar-refractivity contribution in [3.8, 4) is 0 Å². The van der Waals surface area contributed by atoms with E-state index in [-0.39, 0.29) is 6.42 Å². The summed E-state index contributed by atoms with van der Waals surface area (Å²) in [6.07, 6.45) is -0.969. The highest BCUT2D eigenvalue weighted by Crippen LogP contribution is 1.87. The molecule has 54 valence electrons. The van der Waals surface area contributed by atoms with Crippen LogP contribution in [0.1, 0.15) is 6.42 Å². The summed E-state index contributed by atoms with van der Waals surface area (Å²) in [5.41, 5.74) is 0. The van der Waals surface area contributed by atoms with Crippen molar-refractivity contribution in [1.29, 1.82) is 0 Å². The Hall–Kier alpha value is -0.610. The van der Waals surface area contributed by atoms with E-state index >= 15 is 0 Å². The van der Waals surface area contributed by atoms with E-state index in [4.69, 9.17) is 10.2 Å². The summed E-state index contributed by atoms with van der Waals surface area (Å²) in [5.74, 6) is -1.16. The number of aliphatic carboxylic acids is 1. The van der Waals surface area contributed by atoms with Crippen molar-refractivity contribution in [3.05, 3.63) is 0 Å². The Morgan fingerprint density at radius 1 is 1.78 bits per heavy atom. The number of rotatable bonds is 4. The summed E-state index contributed by atoms with van der Waals surface area (Å²) in [4.78, 5) is 9.93. The zero-order valence-corrected chi connectivity index (χ0v) is 5.29. The summed E-state index contributed by atoms with van der Waals surface area (Å²) in [7, 11) is 1.70. The van der Waals surface area contributed by atoms with Gasteiger partial charge in [-0.3, -0.25) is 0 Å². The minimum atomic E-state index is -1.22. The Morgan fingerprint density at radius 2 is 2.33 bits per heavy atom. The van der Waals surface area contributed by atoms with Gasteiger partial charge in [-0.1, -0.05) is 0 Å². The monoisotopic (exact) mass is 133 g/mol. The molecule has 0 bridgehead atoms. The highest BCUT2D eigenvalue weighted by molar-refractivity contribution is 5.71. The van der Waals surface area contributed by atoms with Crippen molar-refractivity contribution < 1.29 is 15.0 Å². The van der Waals surface area contributed by atoms with Crippen LogP contribution in [0.15, 0.2) is 0 Å². The van der Waals surface area contributed by atoms with Crippen molar-refractivity contribution in [2.45, 2.75) is 12.5 Å². The lowest BCUT2D eigenvalue weighted by Gasteiger charge is -2.02. The van der Waals surface area contributed by atoms with Crippen LogP contribution in [-0.2, 0) is 4.79 Å². The molecule has 0 rings (SSSR count). The SMILES string of the molecule is CNCCC(O)C(=O)O. The molecule has 0 aromatic rings. The fourth-order valence-electron chi connectivity index (χ4n) is 0.405. The van der Waals surface area contributed by atoms with Crippen LogP contribution in [0.5, 0.6) is 0 Å². The van der Waals surface area contributed by atoms with E-state index in [1.165, 1.54) is 0 Å². The van der Waals surface area contributed by atoms with Gasteiger partial charge in [-0.25, -0.2) is 4.79 Å². The first-order valence-electron chi connectivity index (χ1n) is 2.74. The molecular weight excluding hydrogens is 122 g/mol. The Kier molecular flexibility index (Phi) is 4.00. The van der Waals surface area contributed by atoms with Crippen LogP contribution < -0.4 is 5.32 Å². The predicted molar refractivity (Wildman–Crippen MR) is 32.2 cm³/mol. The van der Waals surface area contributed by atoms with Gasteiger partial charge in [0.05, 0.1) is 0 Å². The molecule has 3 N–H and O–H groups in total. The molecule has 0 aliphatic heterocycles. The van der Waals surface area contributed by atoms with E-state index in [0.717, 1.165) is 0 Å². The lowest BCUT2D eigenvalue weighted by Crippen LogP contribution is -2.24. The average Bonchev–Trinajstić information content (AvgIpc) is 1.82. The van der Waals surface area contributed by atoms with Crippen molar-refractivity contribution in [2.75, 3.05) is 13.6 Å². The van der Waals surface area contributed by atoms with E-state index in [1.807, 2.05) is 0 Å². The van der Waals surface area contributed by atoms with Gasteiger partial charge in [0.25, 0.3) is 0 Å². The molecule has 0 aromatic carbocycles. The number of carboxylic acid groups (broad SMARTS) is 1. The molecule has 0 aromatic heterocycles. The normalized spacial score (nSPS) is 13.1. The maximum atomic E-state index is 9.93. The van der Waals surface area contributed by atoms with Crippen LogP contribution >= 0.6 is 0 Å². The van der Waals surface area contributed by atoms with Crippen LogP contribution in [0.4, 0.5) is 0 Å². The number of carboxylic acids is 1. The second-order valence-corrected chi connectivity index (χ2v) is 1.75. The minimum Gasteiger partial charge on any atom is -0.479 e. The molecule has 0 fully saturated rings. The molecule has 0 spiro atoms. The molecule has 4 nitrogen and oxygen atoms in total. The molecule has 0 amide bonds. The summed E-state index contributed by atoms with van der Waals surface area (Å²) < 4.78 is 0. The quantitative estimate of drug-likeness (QED) is 0.462. The van der Waals surface area contributed by atoms with Gasteiger partial charge in [-0.05, 0) is 20.0 Å². The highest BCUT2D eigenvalue weighted by atomic mass is 16.4. The van der Waals surface area contributed by atoms with Gasteiger partial charge in [0.2, 0.25) is 0 Å². The second-order valence-electron chi connectivity index (χ2n) is 1.75. The molecule has 1 unspecified atom stereocenters. The van der Waals surface area contributed by atoms with Crippen LogP contribution in [0.25, 0.3) is 0 Å². The number of hydrogen-bond acceptors (Lipinski definition) is 3. The molecule has 4 heteroatoms. The van der Waals surface area contributed by atoms with Gasteiger partial charge in [-0.2, -0.15) is 0 Å². The van der Waals surface area contributed by atoms with Crippen LogP contribution in [0, 0.1) is 0 Å². The number of aliphatic hydroxyl groups is 1. The Morgan fingerprint density at radius 3 is 2.67 bits per heavy atom. The number of nitrogens with one attached hydrogen (secondary N) is 1. The standard InChI is InChI=1S/C5H11NO3/c1-6-3-2-4(7)5(8)9/h4,6-7H,2-3H2,1H3,(H,8,9). The maximum absolute atomic E-state index is 9.93. The third-order valence-electron chi connectivity index (χ3n) is 0.953. The van der Waals surface area contributed by atoms with Gasteiger partial charge in [0, 0.05) is 0 Å². The lowest BCUT2D eigenvalue weighted by molar-refractivity contribution is -0.146. The average molecular weight is 133 g/mol. The Bertz CT molecular complexity index is 94.2. The van der Waals surface area contributed by atoms with E-state index in [9.17, 15) is 4.79 Å². The fourth-order valence-corrected chi connectivity index (χ4v) is 0.405. The summed E-state index contributed by atoms with van der Waals surface area (Å²) >= 11 is 0. The Balaban J connectivity index is 3.27. The van der Waals surface area contributed by atoms with E-state index in [1.54, 1.807) is 7.05 Å². The number of carbonyl (C=O) groups is 1. The lowest BCUT2D eigenvalue weighted by atomic mass is 10.2. The van der Waals surface area contributed by atoms with Crippen LogP contribution in [0.3, 0.4) is 0 Å². The van der Waals surface area contributed by atoms with E-state index < -0.39 is 12.1 Å². The first-order chi connectivity index (χ1) is 4.18. The van der Waals surface area contributed by atoms with Crippen LogP contribution in [0.2, 0.25) is 0 Å². The number of hydrogen-bond donors (Lipinski definition) is 3. The smallest absolute Gasteiger partial charge is 0.332 e. The molecule has 0 saturated carbocycles. The first-order valence-corrected chi connectivity index (χ1v) is 2.74. The molecule has 0 aliphatic rings. The Labute approximate surface area is 53.5 Å². The molecule has 0 heterocycles. The van der Waals surface area contributed by atoms with Gasteiger partial charge in [0.1, 0.15) is 0 Å². The van der Waals surface area contributed by atoms with Crippen molar-refractivity contribution in [1.82, 2.24) is 5.32 Å². The van der Waals surface area contributed by atoms with E-state index in [2.05, 4.69) is 5.32 Å². The van der Waals surface area contributed by atoms with Crippen molar-refractivity contribution in [2.24, 2.45) is 0 Å². The molecule has 0 radical (unpaired) electrons. The summed E-state index contributed by atoms with van der Waals surface area (Å²) in [6, 6.07) is 0. The molecule has 0 aliphatic carbocycles. The van der Waals surface area contributed by atoms with Gasteiger partial charge >= 0.3 is 5.97 Å². The zero-order valence-electron chi connectivity index (χ0n) is 5.29. The molecule has 9 heavy (non-hydrogen) atoms. The van der Waals surface area contributed by atoms with Crippen LogP contribution in [-0.4, -0.2) is 35.9 Å². The fraction of sp³-hybridized carbons (Fsp3) is 0.800. The molecule has 0 saturated heterocycles. The predicted octanol–water partition coefficient (Wildman–Crippen LogP) is -0.959. The highest BCUT2D eigenvalue weighted by Gasteiger charge is 2.10. The van der Waals surface area contributed by atoms with E-state index in [0.29, 0.717) is 6.54 Å². The number of aliphatic hydroxyl groups excluding tert-OH is 1. The third kappa shape index (κ3) is 3.93. The van der Waals surface area contributed by atoms with Crippen molar-refractivity contribution in [3.63, 3.8) is 0 Å². The zero-order chi connectivity index (χ0) is 7.28. The van der Waals surface area contributed by atoms with Gasteiger partial charge in [-0.15, -0.1) is 0 Å². The maximum Gasteiger partial charge on any atom is 0.332 e. The van der Waals surface area contributed by atoms with Gasteiger partial charge in [0.15, 0.2) is 6.10 Å². The summed E-state index contributed by atoms with van der Waals surface area (Å²) in [6.45, 7) is 0.521. The minimum absolute atomic E-state index is 0.256. The third-order valence-corrected chi connectivity index (χ3v) is 0.953. The summed E-state index contributed by atoms with van der Waals surface area (Å²) in [5, 5.41) is 19.5. The topological polar surface area (TPSA) is 69.6 Å².